The van der Waals surface area contributed by atoms with Gasteiger partial charge < -0.3 is 14.2 Å². The zero-order chi connectivity index (χ0) is 18.9. The summed E-state index contributed by atoms with van der Waals surface area (Å²) in [6.07, 6.45) is 1.79. The van der Waals surface area contributed by atoms with Gasteiger partial charge in [0, 0.05) is 32.4 Å². The fraction of sp³-hybridized carbons (Fsp3) is 0.263. The first-order valence-corrected chi connectivity index (χ1v) is 10.8. The summed E-state index contributed by atoms with van der Waals surface area (Å²) in [4.78, 5) is 31.1. The van der Waals surface area contributed by atoms with Gasteiger partial charge in [0.1, 0.15) is 15.9 Å². The second kappa shape index (κ2) is 7.40. The molecular formula is C19H17N5O2S2. The average Bonchev–Trinajstić information content (AvgIpc) is 3.35. The van der Waals surface area contributed by atoms with E-state index in [4.69, 9.17) is 4.42 Å². The Morgan fingerprint density at radius 3 is 2.71 bits per heavy atom. The summed E-state index contributed by atoms with van der Waals surface area (Å²) in [5, 5.41) is 1.51. The van der Waals surface area contributed by atoms with Crippen LogP contribution in [0.25, 0.3) is 21.4 Å². The first-order chi connectivity index (χ1) is 13.8. The van der Waals surface area contributed by atoms with E-state index in [0.717, 1.165) is 39.7 Å². The van der Waals surface area contributed by atoms with Gasteiger partial charge in [-0.25, -0.2) is 15.0 Å². The topological polar surface area (TPSA) is 75.4 Å². The summed E-state index contributed by atoms with van der Waals surface area (Å²) in [6.45, 7) is 2.94. The number of nitrogens with zero attached hydrogens (tertiary/aromatic N) is 5. The number of carbonyl (C=O) groups is 1. The summed E-state index contributed by atoms with van der Waals surface area (Å²) in [7, 11) is 0. The van der Waals surface area contributed by atoms with Crippen LogP contribution < -0.4 is 4.90 Å². The van der Waals surface area contributed by atoms with Gasteiger partial charge in [0.15, 0.2) is 10.7 Å². The maximum atomic E-state index is 12.6. The van der Waals surface area contributed by atoms with Crippen molar-refractivity contribution in [3.63, 3.8) is 0 Å². The molecular weight excluding hydrogens is 394 g/mol. The smallest absolute Gasteiger partial charge is 0.257 e. The predicted octanol–water partition coefficient (Wildman–Crippen LogP) is 3.27. The SMILES string of the molecule is O=C(CSc1nc2ccccc2o1)N1CCN(c2nc3cccnc3s2)CC1. The second-order valence-electron chi connectivity index (χ2n) is 6.43. The van der Waals surface area contributed by atoms with Gasteiger partial charge in [-0.15, -0.1) is 0 Å². The molecule has 1 amide bonds. The van der Waals surface area contributed by atoms with Crippen molar-refractivity contribution in [3.8, 4) is 0 Å². The molecule has 0 atom stereocenters. The number of hydrogen-bond donors (Lipinski definition) is 0. The molecule has 28 heavy (non-hydrogen) atoms. The molecule has 0 unspecified atom stereocenters. The molecule has 4 aromatic rings. The highest BCUT2D eigenvalue weighted by atomic mass is 32.2. The van der Waals surface area contributed by atoms with E-state index >= 15 is 0 Å². The number of oxazole rings is 1. The van der Waals surface area contributed by atoms with Gasteiger partial charge in [-0.1, -0.05) is 35.2 Å². The van der Waals surface area contributed by atoms with Crippen LogP contribution in [0.5, 0.6) is 0 Å². The molecule has 1 saturated heterocycles. The van der Waals surface area contributed by atoms with Gasteiger partial charge in [0.25, 0.3) is 5.22 Å². The number of amides is 1. The van der Waals surface area contributed by atoms with Gasteiger partial charge >= 0.3 is 0 Å². The standard InChI is InChI=1S/C19H17N5O2S2/c25-16(12-27-19-22-13-4-1-2-6-15(13)26-19)23-8-10-24(11-9-23)18-21-14-5-3-7-20-17(14)28-18/h1-7H,8-12H2. The third kappa shape index (κ3) is 3.43. The molecule has 0 radical (unpaired) electrons. The van der Waals surface area contributed by atoms with E-state index in [1.165, 1.54) is 11.8 Å². The third-order valence-electron chi connectivity index (χ3n) is 4.65. The van der Waals surface area contributed by atoms with E-state index in [1.807, 2.05) is 41.3 Å². The second-order valence-corrected chi connectivity index (χ2v) is 8.31. The average molecular weight is 412 g/mol. The van der Waals surface area contributed by atoms with E-state index in [2.05, 4.69) is 19.9 Å². The highest BCUT2D eigenvalue weighted by molar-refractivity contribution is 7.99. The lowest BCUT2D eigenvalue weighted by Crippen LogP contribution is -2.49. The Hall–Kier alpha value is -2.65. The van der Waals surface area contributed by atoms with E-state index < -0.39 is 0 Å². The minimum atomic E-state index is 0.109. The number of benzene rings is 1. The van der Waals surface area contributed by atoms with Crippen molar-refractivity contribution in [2.24, 2.45) is 0 Å². The Morgan fingerprint density at radius 1 is 1.07 bits per heavy atom. The molecule has 0 saturated carbocycles. The molecule has 142 valence electrons. The number of para-hydroxylation sites is 2. The lowest BCUT2D eigenvalue weighted by atomic mass is 10.3. The molecule has 1 fully saturated rings. The summed E-state index contributed by atoms with van der Waals surface area (Å²) < 4.78 is 5.67. The summed E-state index contributed by atoms with van der Waals surface area (Å²) in [6, 6.07) is 11.5. The lowest BCUT2D eigenvalue weighted by molar-refractivity contribution is -0.128. The van der Waals surface area contributed by atoms with Crippen molar-refractivity contribution in [3.05, 3.63) is 42.6 Å². The quantitative estimate of drug-likeness (QED) is 0.477. The van der Waals surface area contributed by atoms with Crippen LogP contribution >= 0.6 is 23.1 Å². The largest absolute Gasteiger partial charge is 0.431 e. The van der Waals surface area contributed by atoms with Crippen LogP contribution in [0, 0.1) is 0 Å². The van der Waals surface area contributed by atoms with E-state index in [-0.39, 0.29) is 5.91 Å². The van der Waals surface area contributed by atoms with Gasteiger partial charge in [0.05, 0.1) is 5.75 Å². The fourth-order valence-corrected chi connectivity index (χ4v) is 4.87. The van der Waals surface area contributed by atoms with Crippen molar-refractivity contribution < 1.29 is 9.21 Å². The fourth-order valence-electron chi connectivity index (χ4n) is 3.17. The van der Waals surface area contributed by atoms with Crippen molar-refractivity contribution in [1.82, 2.24) is 19.9 Å². The number of thioether (sulfide) groups is 1. The van der Waals surface area contributed by atoms with Gasteiger partial charge in [-0.2, -0.15) is 0 Å². The van der Waals surface area contributed by atoms with Crippen LogP contribution in [0.15, 0.2) is 52.2 Å². The number of anilines is 1. The number of hydrogen-bond acceptors (Lipinski definition) is 8. The van der Waals surface area contributed by atoms with Crippen LogP contribution in [0.1, 0.15) is 0 Å². The van der Waals surface area contributed by atoms with Crippen LogP contribution in [-0.4, -0.2) is 57.7 Å². The number of piperazine rings is 1. The maximum absolute atomic E-state index is 12.6. The number of fused-ring (bicyclic) bond motifs is 2. The minimum absolute atomic E-state index is 0.109. The minimum Gasteiger partial charge on any atom is -0.431 e. The highest BCUT2D eigenvalue weighted by Crippen LogP contribution is 2.28. The molecule has 1 aromatic carbocycles. The van der Waals surface area contributed by atoms with Gasteiger partial charge in [-0.05, 0) is 24.3 Å². The normalized spacial score (nSPS) is 14.9. The first kappa shape index (κ1) is 17.4. The summed E-state index contributed by atoms with van der Waals surface area (Å²) >= 11 is 2.95. The molecule has 0 spiro atoms. The van der Waals surface area contributed by atoms with Crippen molar-refractivity contribution >= 4 is 55.6 Å². The number of pyridine rings is 1. The molecule has 5 rings (SSSR count). The Bertz CT molecular complexity index is 1070. The van der Waals surface area contributed by atoms with Gasteiger partial charge in [0.2, 0.25) is 5.91 Å². The van der Waals surface area contributed by atoms with Crippen molar-refractivity contribution in [1.29, 1.82) is 0 Å². The Balaban J connectivity index is 1.17. The van der Waals surface area contributed by atoms with Crippen molar-refractivity contribution in [2.45, 2.75) is 5.22 Å². The number of thiazole rings is 1. The predicted molar refractivity (Wildman–Crippen MR) is 111 cm³/mol. The summed E-state index contributed by atoms with van der Waals surface area (Å²) in [5.74, 6) is 0.440. The first-order valence-electron chi connectivity index (χ1n) is 8.99. The number of aromatic nitrogens is 3. The Morgan fingerprint density at radius 2 is 1.89 bits per heavy atom. The number of rotatable bonds is 4. The molecule has 1 aliphatic heterocycles. The zero-order valence-electron chi connectivity index (χ0n) is 14.9. The molecule has 9 heteroatoms. The van der Waals surface area contributed by atoms with E-state index in [0.29, 0.717) is 24.1 Å². The zero-order valence-corrected chi connectivity index (χ0v) is 16.6. The van der Waals surface area contributed by atoms with Crippen LogP contribution in [0.4, 0.5) is 5.13 Å². The highest BCUT2D eigenvalue weighted by Gasteiger charge is 2.23. The molecule has 4 heterocycles. The monoisotopic (exact) mass is 411 g/mol. The van der Waals surface area contributed by atoms with E-state index in [1.54, 1.807) is 17.5 Å². The van der Waals surface area contributed by atoms with Crippen LogP contribution in [0.3, 0.4) is 0 Å². The Kier molecular flexibility index (Phi) is 4.61. The Labute approximate surface area is 169 Å². The van der Waals surface area contributed by atoms with Crippen molar-refractivity contribution in [2.75, 3.05) is 36.8 Å². The molecule has 7 nitrogen and oxygen atoms in total. The lowest BCUT2D eigenvalue weighted by Gasteiger charge is -2.34. The molecule has 0 aliphatic carbocycles. The summed E-state index contributed by atoms with van der Waals surface area (Å²) in [5.41, 5.74) is 2.49. The van der Waals surface area contributed by atoms with Gasteiger partial charge in [-0.3, -0.25) is 4.79 Å². The molecule has 1 aliphatic rings. The third-order valence-corrected chi connectivity index (χ3v) is 6.50. The van der Waals surface area contributed by atoms with Crippen LogP contribution in [-0.2, 0) is 4.79 Å². The molecule has 0 N–H and O–H groups in total. The number of carbonyl (C=O) groups excluding carboxylic acids is 1. The van der Waals surface area contributed by atoms with Crippen LogP contribution in [0.2, 0.25) is 0 Å². The maximum Gasteiger partial charge on any atom is 0.257 e. The molecule has 3 aromatic heterocycles. The van der Waals surface area contributed by atoms with E-state index in [9.17, 15) is 4.79 Å². The molecule has 0 bridgehead atoms.